The van der Waals surface area contributed by atoms with Crippen LogP contribution in [0.4, 0.5) is 13.2 Å². The van der Waals surface area contributed by atoms with E-state index in [-0.39, 0.29) is 12.1 Å². The molecule has 19 heavy (non-hydrogen) atoms. The number of rotatable bonds is 3. The lowest BCUT2D eigenvalue weighted by Crippen LogP contribution is -2.19. The number of hydrogen-bond donors (Lipinski definition) is 1. The highest BCUT2D eigenvalue weighted by atomic mass is 19.4. The second kappa shape index (κ2) is 4.99. The van der Waals surface area contributed by atoms with E-state index in [0.717, 1.165) is 17.5 Å². The van der Waals surface area contributed by atoms with E-state index in [0.29, 0.717) is 0 Å². The maximum Gasteiger partial charge on any atom is 0.416 e. The summed E-state index contributed by atoms with van der Waals surface area (Å²) in [5.41, 5.74) is 4.57. The van der Waals surface area contributed by atoms with Crippen molar-refractivity contribution in [2.45, 2.75) is 26.6 Å². The van der Waals surface area contributed by atoms with Crippen molar-refractivity contribution in [2.24, 2.45) is 0 Å². The number of alkyl halides is 3. The number of nitrogens with one attached hydrogen (secondary N) is 1. The molecule has 102 valence electrons. The van der Waals surface area contributed by atoms with Crippen molar-refractivity contribution in [3.05, 3.63) is 58.9 Å². The van der Waals surface area contributed by atoms with Crippen LogP contribution in [-0.2, 0) is 12.7 Å². The average molecular weight is 268 g/mol. The largest absolute Gasteiger partial charge is 0.416 e. The van der Waals surface area contributed by atoms with Gasteiger partial charge in [-0.2, -0.15) is 13.2 Å². The van der Waals surface area contributed by atoms with Gasteiger partial charge in [-0.15, -0.1) is 0 Å². The second-order valence-corrected chi connectivity index (χ2v) is 4.44. The fourth-order valence-corrected chi connectivity index (χ4v) is 2.03. The third-order valence-electron chi connectivity index (χ3n) is 3.02. The van der Waals surface area contributed by atoms with Crippen LogP contribution in [0, 0.1) is 13.8 Å². The van der Waals surface area contributed by atoms with Gasteiger partial charge in [0.05, 0.1) is 12.1 Å². The first kappa shape index (κ1) is 13.5. The number of halogens is 3. The first-order valence-electron chi connectivity index (χ1n) is 5.93. The molecule has 5 heteroatoms. The van der Waals surface area contributed by atoms with Crippen molar-refractivity contribution >= 4 is 0 Å². The lowest BCUT2D eigenvalue weighted by Gasteiger charge is -2.16. The van der Waals surface area contributed by atoms with E-state index in [9.17, 15) is 13.2 Å². The highest BCUT2D eigenvalue weighted by molar-refractivity contribution is 5.30. The van der Waals surface area contributed by atoms with E-state index in [1.807, 2.05) is 26.0 Å². The predicted molar refractivity (Wildman–Crippen MR) is 68.4 cm³/mol. The van der Waals surface area contributed by atoms with Crippen molar-refractivity contribution in [2.75, 3.05) is 5.43 Å². The van der Waals surface area contributed by atoms with Gasteiger partial charge in [-0.25, -0.2) is 0 Å². The Kier molecular flexibility index (Phi) is 3.55. The summed E-state index contributed by atoms with van der Waals surface area (Å²) in [5, 5.41) is 0. The molecule has 0 bridgehead atoms. The molecule has 0 aliphatic rings. The first-order chi connectivity index (χ1) is 8.89. The Hall–Kier alpha value is -1.91. The van der Waals surface area contributed by atoms with Crippen LogP contribution in [0.2, 0.25) is 0 Å². The Morgan fingerprint density at radius 2 is 1.58 bits per heavy atom. The van der Waals surface area contributed by atoms with Crippen molar-refractivity contribution in [1.82, 2.24) is 4.68 Å². The van der Waals surface area contributed by atoms with Gasteiger partial charge in [0.25, 0.3) is 0 Å². The molecule has 2 nitrogen and oxygen atoms in total. The molecule has 0 spiro atoms. The average Bonchev–Trinajstić information content (AvgIpc) is 2.66. The predicted octanol–water partition coefficient (Wildman–Crippen LogP) is 3.87. The zero-order chi connectivity index (χ0) is 14.0. The molecule has 1 N–H and O–H groups in total. The lowest BCUT2D eigenvalue weighted by atomic mass is 10.1. The molecule has 1 heterocycles. The minimum Gasteiger partial charge on any atom is -0.322 e. The highest BCUT2D eigenvalue weighted by Crippen LogP contribution is 2.31. The molecular weight excluding hydrogens is 253 g/mol. The standard InChI is InChI=1S/C14H15F3N2/c1-10-7-8-11(2)19(10)18-9-12-5-3-4-6-13(12)14(15,16)17/h3-8,18H,9H2,1-2H3. The molecule has 0 aliphatic heterocycles. The summed E-state index contributed by atoms with van der Waals surface area (Å²) in [4.78, 5) is 0. The molecule has 1 aromatic carbocycles. The minimum absolute atomic E-state index is 0.131. The maximum atomic E-state index is 12.8. The van der Waals surface area contributed by atoms with Gasteiger partial charge in [0.2, 0.25) is 0 Å². The molecule has 2 aromatic rings. The molecule has 0 saturated heterocycles. The van der Waals surface area contributed by atoms with Crippen LogP contribution < -0.4 is 5.43 Å². The van der Waals surface area contributed by atoms with Crippen LogP contribution in [0.15, 0.2) is 36.4 Å². The lowest BCUT2D eigenvalue weighted by molar-refractivity contribution is -0.138. The van der Waals surface area contributed by atoms with Gasteiger partial charge in [-0.05, 0) is 37.6 Å². The molecule has 0 saturated carbocycles. The highest BCUT2D eigenvalue weighted by Gasteiger charge is 2.32. The zero-order valence-corrected chi connectivity index (χ0v) is 10.8. The van der Waals surface area contributed by atoms with Gasteiger partial charge in [0.1, 0.15) is 0 Å². The molecule has 0 radical (unpaired) electrons. The molecular formula is C14H15F3N2. The summed E-state index contributed by atoms with van der Waals surface area (Å²) in [6.07, 6.45) is -4.32. The van der Waals surface area contributed by atoms with Crippen molar-refractivity contribution in [1.29, 1.82) is 0 Å². The number of aromatic nitrogens is 1. The van der Waals surface area contributed by atoms with Gasteiger partial charge in [0, 0.05) is 11.4 Å². The van der Waals surface area contributed by atoms with Crippen molar-refractivity contribution in [3.63, 3.8) is 0 Å². The summed E-state index contributed by atoms with van der Waals surface area (Å²) in [6, 6.07) is 9.44. The molecule has 0 atom stereocenters. The van der Waals surface area contributed by atoms with E-state index >= 15 is 0 Å². The topological polar surface area (TPSA) is 17.0 Å². The van der Waals surface area contributed by atoms with Gasteiger partial charge >= 0.3 is 6.18 Å². The third-order valence-corrected chi connectivity index (χ3v) is 3.02. The van der Waals surface area contributed by atoms with Crippen molar-refractivity contribution in [3.8, 4) is 0 Å². The van der Waals surface area contributed by atoms with Crippen LogP contribution in [0.25, 0.3) is 0 Å². The Labute approximate surface area is 109 Å². The molecule has 0 aliphatic carbocycles. The van der Waals surface area contributed by atoms with E-state index in [4.69, 9.17) is 0 Å². The minimum atomic E-state index is -4.32. The summed E-state index contributed by atoms with van der Waals surface area (Å²) in [7, 11) is 0. The Bertz CT molecular complexity index is 551. The Morgan fingerprint density at radius 1 is 1.00 bits per heavy atom. The van der Waals surface area contributed by atoms with Crippen LogP contribution in [-0.4, -0.2) is 4.68 Å². The fourth-order valence-electron chi connectivity index (χ4n) is 2.03. The van der Waals surface area contributed by atoms with E-state index in [2.05, 4.69) is 5.43 Å². The molecule has 1 aromatic heterocycles. The fraction of sp³-hybridized carbons (Fsp3) is 0.286. The number of benzene rings is 1. The summed E-state index contributed by atoms with van der Waals surface area (Å²) < 4.78 is 40.3. The van der Waals surface area contributed by atoms with Gasteiger partial charge in [-0.1, -0.05) is 18.2 Å². The van der Waals surface area contributed by atoms with Crippen LogP contribution in [0.3, 0.4) is 0 Å². The van der Waals surface area contributed by atoms with E-state index in [1.165, 1.54) is 12.1 Å². The monoisotopic (exact) mass is 268 g/mol. The third kappa shape index (κ3) is 2.92. The van der Waals surface area contributed by atoms with Crippen molar-refractivity contribution < 1.29 is 13.2 Å². The maximum absolute atomic E-state index is 12.8. The smallest absolute Gasteiger partial charge is 0.322 e. The molecule has 0 fully saturated rings. The number of aryl methyl sites for hydroxylation is 2. The van der Waals surface area contributed by atoms with Gasteiger partial charge in [-0.3, -0.25) is 4.68 Å². The normalized spacial score (nSPS) is 11.6. The first-order valence-corrected chi connectivity index (χ1v) is 5.93. The number of hydrogen-bond acceptors (Lipinski definition) is 1. The van der Waals surface area contributed by atoms with Gasteiger partial charge < -0.3 is 5.43 Å². The summed E-state index contributed by atoms with van der Waals surface area (Å²) in [5.74, 6) is 0. The molecule has 0 amide bonds. The number of nitrogens with zero attached hydrogens (tertiary/aromatic N) is 1. The van der Waals surface area contributed by atoms with Gasteiger partial charge in [0.15, 0.2) is 0 Å². The van der Waals surface area contributed by atoms with Crippen LogP contribution in [0.1, 0.15) is 22.5 Å². The van der Waals surface area contributed by atoms with E-state index < -0.39 is 11.7 Å². The van der Waals surface area contributed by atoms with Crippen LogP contribution >= 0.6 is 0 Å². The molecule has 0 unspecified atom stereocenters. The zero-order valence-electron chi connectivity index (χ0n) is 10.8. The second-order valence-electron chi connectivity index (χ2n) is 4.44. The molecule has 2 rings (SSSR count). The Morgan fingerprint density at radius 3 is 2.16 bits per heavy atom. The SMILES string of the molecule is Cc1ccc(C)n1NCc1ccccc1C(F)(F)F. The van der Waals surface area contributed by atoms with Crippen LogP contribution in [0.5, 0.6) is 0 Å². The Balaban J connectivity index is 2.21. The van der Waals surface area contributed by atoms with E-state index in [1.54, 1.807) is 10.7 Å². The quantitative estimate of drug-likeness (QED) is 0.894. The summed E-state index contributed by atoms with van der Waals surface area (Å²) >= 11 is 0. The summed E-state index contributed by atoms with van der Waals surface area (Å²) in [6.45, 7) is 3.93.